The molecule has 7 heteroatoms. The fraction of sp³-hybridized carbons (Fsp3) is 0.143. The van der Waals surface area contributed by atoms with Crippen LogP contribution in [0.15, 0.2) is 22.7 Å². The van der Waals surface area contributed by atoms with Crippen LogP contribution in [0.5, 0.6) is 0 Å². The molecule has 1 rings (SSSR count). The first-order valence-corrected chi connectivity index (χ1v) is 4.33. The zero-order valence-corrected chi connectivity index (χ0v) is 12.1. The molecule has 1 aromatic carbocycles. The van der Waals surface area contributed by atoms with Gasteiger partial charge < -0.3 is 12.9 Å². The van der Waals surface area contributed by atoms with Crippen LogP contribution in [0.1, 0.15) is 5.56 Å². The van der Waals surface area contributed by atoms with Gasteiger partial charge >= 0.3 is 58.4 Å². The van der Waals surface area contributed by atoms with Crippen molar-refractivity contribution in [2.45, 2.75) is 6.32 Å². The third-order valence-corrected chi connectivity index (χ3v) is 2.10. The number of benzene rings is 1. The minimum atomic E-state index is -4.98. The minimum Gasteiger partial charge on any atom is -0.449 e. The molecule has 0 atom stereocenters. The SMILES string of the molecule is Fc1c(Br)cccc1C[B-](F)(F)F.[K+]. The predicted molar refractivity (Wildman–Crippen MR) is 46.9 cm³/mol. The second-order valence-corrected chi connectivity index (χ2v) is 3.48. The van der Waals surface area contributed by atoms with Crippen molar-refractivity contribution >= 4 is 22.9 Å². The fourth-order valence-corrected chi connectivity index (χ4v) is 1.36. The standard InChI is InChI=1S/C7H5BBrF4.K/c9-6-3-1-2-5(7(6)10)4-8(11,12)13;/h1-3H,4H2;/q-1;+1. The van der Waals surface area contributed by atoms with E-state index in [0.29, 0.717) is 0 Å². The molecule has 0 aliphatic rings. The maximum absolute atomic E-state index is 13.0. The van der Waals surface area contributed by atoms with Crippen molar-refractivity contribution in [2.75, 3.05) is 0 Å². The normalized spacial score (nSPS) is 10.9. The van der Waals surface area contributed by atoms with Crippen LogP contribution in [0, 0.1) is 5.82 Å². The first-order chi connectivity index (χ1) is 5.90. The Morgan fingerprint density at radius 2 is 1.79 bits per heavy atom. The Morgan fingerprint density at radius 3 is 2.29 bits per heavy atom. The van der Waals surface area contributed by atoms with Gasteiger partial charge in [-0.25, -0.2) is 4.39 Å². The Bertz CT molecular complexity index is 315. The predicted octanol–water partition coefficient (Wildman–Crippen LogP) is 0.521. The van der Waals surface area contributed by atoms with Crippen LogP contribution in [-0.4, -0.2) is 6.98 Å². The van der Waals surface area contributed by atoms with Gasteiger partial charge in [-0.15, -0.1) is 0 Å². The molecule has 0 fully saturated rings. The van der Waals surface area contributed by atoms with Gasteiger partial charge in [0.05, 0.1) is 4.47 Å². The molecule has 0 heterocycles. The topological polar surface area (TPSA) is 0 Å². The monoisotopic (exact) mass is 294 g/mol. The molecule has 0 N–H and O–H groups in total. The maximum Gasteiger partial charge on any atom is 1.00 e. The molecule has 0 aliphatic heterocycles. The number of hydrogen-bond donors (Lipinski definition) is 0. The Morgan fingerprint density at radius 1 is 1.21 bits per heavy atom. The second-order valence-electron chi connectivity index (χ2n) is 2.63. The molecular weight excluding hydrogens is 290 g/mol. The minimum absolute atomic E-state index is 0. The van der Waals surface area contributed by atoms with Gasteiger partial charge in [0.1, 0.15) is 5.82 Å². The summed E-state index contributed by atoms with van der Waals surface area (Å²) in [6, 6.07) is 3.88. The van der Waals surface area contributed by atoms with Crippen LogP contribution in [0.2, 0.25) is 0 Å². The van der Waals surface area contributed by atoms with Gasteiger partial charge in [-0.1, -0.05) is 18.5 Å². The van der Waals surface area contributed by atoms with Gasteiger partial charge in [-0.3, -0.25) is 0 Å². The maximum atomic E-state index is 13.0. The summed E-state index contributed by atoms with van der Waals surface area (Å²) in [6.07, 6.45) is -1.18. The number of hydrogen-bond acceptors (Lipinski definition) is 0. The Hall–Kier alpha value is 1.12. The summed E-state index contributed by atoms with van der Waals surface area (Å²) in [7, 11) is 0. The van der Waals surface area contributed by atoms with E-state index in [4.69, 9.17) is 0 Å². The Kier molecular flexibility index (Phi) is 6.49. The first-order valence-electron chi connectivity index (χ1n) is 3.54. The van der Waals surface area contributed by atoms with E-state index in [0.717, 1.165) is 6.07 Å². The van der Waals surface area contributed by atoms with Crippen molar-refractivity contribution in [2.24, 2.45) is 0 Å². The Balaban J connectivity index is 0.00000169. The van der Waals surface area contributed by atoms with Gasteiger partial charge in [-0.05, 0) is 27.6 Å². The van der Waals surface area contributed by atoms with Crippen molar-refractivity contribution in [3.63, 3.8) is 0 Å². The van der Waals surface area contributed by atoms with E-state index >= 15 is 0 Å². The first kappa shape index (κ1) is 15.1. The molecule has 0 nitrogen and oxygen atoms in total. The van der Waals surface area contributed by atoms with Crippen molar-refractivity contribution in [3.8, 4) is 0 Å². The average molecular weight is 295 g/mol. The molecule has 0 radical (unpaired) electrons. The van der Waals surface area contributed by atoms with E-state index in [1.54, 1.807) is 0 Å². The van der Waals surface area contributed by atoms with Gasteiger partial charge in [0, 0.05) is 0 Å². The van der Waals surface area contributed by atoms with Crippen molar-refractivity contribution < 1.29 is 68.7 Å². The molecule has 0 aliphatic carbocycles. The molecule has 0 aromatic heterocycles. The van der Waals surface area contributed by atoms with E-state index in [-0.39, 0.29) is 61.4 Å². The molecule has 0 saturated heterocycles. The quantitative estimate of drug-likeness (QED) is 0.551. The van der Waals surface area contributed by atoms with Gasteiger partial charge in [0.15, 0.2) is 0 Å². The van der Waals surface area contributed by atoms with Crippen molar-refractivity contribution in [1.82, 2.24) is 0 Å². The van der Waals surface area contributed by atoms with Crippen LogP contribution in [-0.2, 0) is 6.32 Å². The van der Waals surface area contributed by atoms with E-state index in [2.05, 4.69) is 15.9 Å². The van der Waals surface area contributed by atoms with Crippen molar-refractivity contribution in [3.05, 3.63) is 34.1 Å². The molecule has 0 amide bonds. The van der Waals surface area contributed by atoms with E-state index < -0.39 is 19.1 Å². The van der Waals surface area contributed by atoms with Crippen LogP contribution < -0.4 is 51.4 Å². The third kappa shape index (κ3) is 4.76. The zero-order valence-electron chi connectivity index (χ0n) is 7.41. The number of halogens is 5. The Labute approximate surface area is 130 Å². The molecule has 0 spiro atoms. The molecule has 0 bridgehead atoms. The fourth-order valence-electron chi connectivity index (χ4n) is 0.955. The smallest absolute Gasteiger partial charge is 0.449 e. The number of rotatable bonds is 2. The summed E-state index contributed by atoms with van der Waals surface area (Å²) in [5, 5.41) is 0. The van der Waals surface area contributed by atoms with E-state index in [9.17, 15) is 17.3 Å². The van der Waals surface area contributed by atoms with Crippen LogP contribution >= 0.6 is 15.9 Å². The van der Waals surface area contributed by atoms with Gasteiger partial charge in [-0.2, -0.15) is 0 Å². The van der Waals surface area contributed by atoms with E-state index in [1.807, 2.05) is 0 Å². The zero-order chi connectivity index (χ0) is 10.1. The molecular formula is C7H5BBrF4K. The summed E-state index contributed by atoms with van der Waals surface area (Å²) in [5.41, 5.74) is -0.318. The van der Waals surface area contributed by atoms with Gasteiger partial charge in [0.25, 0.3) is 0 Å². The molecule has 0 saturated carbocycles. The van der Waals surface area contributed by atoms with Crippen LogP contribution in [0.3, 0.4) is 0 Å². The summed E-state index contributed by atoms with van der Waals surface area (Å²) in [5.74, 6) is -0.832. The molecule has 72 valence electrons. The van der Waals surface area contributed by atoms with E-state index in [1.165, 1.54) is 12.1 Å². The largest absolute Gasteiger partial charge is 1.00 e. The summed E-state index contributed by atoms with van der Waals surface area (Å²) >= 11 is 2.82. The van der Waals surface area contributed by atoms with Crippen molar-refractivity contribution in [1.29, 1.82) is 0 Å². The molecule has 0 unspecified atom stereocenters. The average Bonchev–Trinajstić information content (AvgIpc) is 1.96. The summed E-state index contributed by atoms with van der Waals surface area (Å²) in [6.45, 7) is -4.98. The van der Waals surface area contributed by atoms with Gasteiger partial charge in [0.2, 0.25) is 0 Å². The summed E-state index contributed by atoms with van der Waals surface area (Å²) < 4.78 is 48.9. The second kappa shape index (κ2) is 6.01. The third-order valence-electron chi connectivity index (χ3n) is 1.48. The molecule has 14 heavy (non-hydrogen) atoms. The van der Waals surface area contributed by atoms with Crippen LogP contribution in [0.4, 0.5) is 17.3 Å². The summed E-state index contributed by atoms with van der Waals surface area (Å²) in [4.78, 5) is 0. The molecule has 1 aromatic rings. The van der Waals surface area contributed by atoms with Crippen LogP contribution in [0.25, 0.3) is 0 Å².